The Labute approximate surface area is 183 Å². The average Bonchev–Trinajstić information content (AvgIpc) is 2.77. The maximum absolute atomic E-state index is 13.6. The number of fused-ring (bicyclic) bond motifs is 2. The Morgan fingerprint density at radius 1 is 1.19 bits per heavy atom. The lowest BCUT2D eigenvalue weighted by molar-refractivity contribution is -0.119. The summed E-state index contributed by atoms with van der Waals surface area (Å²) < 4.78 is 0. The van der Waals surface area contributed by atoms with Crippen molar-refractivity contribution in [1.82, 2.24) is 15.2 Å². The number of rotatable bonds is 8. The highest BCUT2D eigenvalue weighted by molar-refractivity contribution is 6.01. The van der Waals surface area contributed by atoms with E-state index in [2.05, 4.69) is 16.4 Å². The van der Waals surface area contributed by atoms with Crippen molar-refractivity contribution in [2.45, 2.75) is 39.0 Å². The summed E-state index contributed by atoms with van der Waals surface area (Å²) in [5.41, 5.74) is 2.52. The second-order valence-corrected chi connectivity index (χ2v) is 8.83. The van der Waals surface area contributed by atoms with E-state index < -0.39 is 5.41 Å². The Bertz CT molecular complexity index is 863. The van der Waals surface area contributed by atoms with E-state index in [4.69, 9.17) is 11.1 Å². The zero-order valence-corrected chi connectivity index (χ0v) is 18.1. The largest absolute Gasteiger partial charge is 0.331 e. The van der Waals surface area contributed by atoms with Gasteiger partial charge in [-0.2, -0.15) is 5.26 Å². The summed E-state index contributed by atoms with van der Waals surface area (Å²) in [5.74, 6) is 5.80. The van der Waals surface area contributed by atoms with Crippen LogP contribution in [0.5, 0.6) is 0 Å². The number of amides is 2. The van der Waals surface area contributed by atoms with Crippen LogP contribution in [-0.2, 0) is 4.79 Å². The third kappa shape index (κ3) is 5.30. The number of Topliss-reactive ketones (excluding diaryl/α,β-unsaturated/α-hetero) is 2. The van der Waals surface area contributed by atoms with Crippen LogP contribution in [0, 0.1) is 22.7 Å². The van der Waals surface area contributed by atoms with E-state index in [1.165, 1.54) is 0 Å². The number of nitrogens with one attached hydrogen (secondary N) is 1. The van der Waals surface area contributed by atoms with E-state index in [1.807, 2.05) is 6.92 Å². The van der Waals surface area contributed by atoms with Crippen LogP contribution in [-0.4, -0.2) is 60.1 Å². The predicted octanol–water partition coefficient (Wildman–Crippen LogP) is 2.10. The van der Waals surface area contributed by atoms with Gasteiger partial charge in [0.1, 0.15) is 5.78 Å². The molecule has 0 spiro atoms. The molecule has 2 unspecified atom stereocenters. The number of piperidine rings is 2. The fourth-order valence-corrected chi connectivity index (χ4v) is 5.08. The first-order valence-corrected chi connectivity index (χ1v) is 11.0. The van der Waals surface area contributed by atoms with Crippen molar-refractivity contribution in [3.05, 3.63) is 35.4 Å². The lowest BCUT2D eigenvalue weighted by Gasteiger charge is -2.52. The minimum absolute atomic E-state index is 0.0109. The monoisotopic (exact) mass is 425 g/mol. The first kappa shape index (κ1) is 22.9. The summed E-state index contributed by atoms with van der Waals surface area (Å²) in [4.78, 5) is 41.7. The minimum atomic E-state index is -0.727. The van der Waals surface area contributed by atoms with Crippen LogP contribution in [0.4, 0.5) is 4.79 Å². The first-order chi connectivity index (χ1) is 14.9. The molecule has 1 aromatic carbocycles. The summed E-state index contributed by atoms with van der Waals surface area (Å²) >= 11 is 0. The number of ketones is 2. The molecule has 31 heavy (non-hydrogen) atoms. The third-order valence-electron chi connectivity index (χ3n) is 6.32. The van der Waals surface area contributed by atoms with Crippen LogP contribution in [0.15, 0.2) is 24.3 Å². The molecule has 3 N–H and O–H groups in total. The third-order valence-corrected chi connectivity index (χ3v) is 6.32. The van der Waals surface area contributed by atoms with Crippen LogP contribution >= 0.6 is 0 Å². The van der Waals surface area contributed by atoms with Crippen LogP contribution in [0.3, 0.4) is 0 Å². The topological polar surface area (TPSA) is 120 Å². The van der Waals surface area contributed by atoms with Crippen molar-refractivity contribution in [1.29, 1.82) is 5.26 Å². The molecule has 166 valence electrons. The van der Waals surface area contributed by atoms with Gasteiger partial charge < -0.3 is 9.80 Å². The van der Waals surface area contributed by atoms with Gasteiger partial charge in [-0.25, -0.2) is 10.6 Å². The molecule has 2 amide bonds. The smallest absolute Gasteiger partial charge is 0.322 e. The molecule has 2 aliphatic rings. The number of nitriles is 1. The van der Waals surface area contributed by atoms with Crippen LogP contribution in [0.25, 0.3) is 0 Å². The number of hydrazine groups is 1. The number of carbonyl (C=O) groups excluding carboxylic acids is 3. The molecule has 2 atom stereocenters. The fraction of sp³-hybridized carbons (Fsp3) is 0.565. The van der Waals surface area contributed by atoms with Gasteiger partial charge in [0.15, 0.2) is 5.78 Å². The summed E-state index contributed by atoms with van der Waals surface area (Å²) in [6.45, 7) is 4.95. The van der Waals surface area contributed by atoms with Gasteiger partial charge >= 0.3 is 6.03 Å². The Morgan fingerprint density at radius 2 is 1.94 bits per heavy atom. The molecule has 8 nitrogen and oxygen atoms in total. The number of hydrogen-bond donors (Lipinski definition) is 2. The quantitative estimate of drug-likeness (QED) is 0.285. The van der Waals surface area contributed by atoms with Crippen LogP contribution < -0.4 is 11.3 Å². The minimum Gasteiger partial charge on any atom is -0.322 e. The van der Waals surface area contributed by atoms with Gasteiger partial charge in [-0.1, -0.05) is 19.1 Å². The van der Waals surface area contributed by atoms with Crippen molar-refractivity contribution < 1.29 is 14.4 Å². The summed E-state index contributed by atoms with van der Waals surface area (Å²) in [6.07, 6.45) is 3.54. The van der Waals surface area contributed by atoms with E-state index in [0.717, 1.165) is 25.9 Å². The maximum atomic E-state index is 13.6. The van der Waals surface area contributed by atoms with E-state index in [-0.39, 0.29) is 23.5 Å². The number of likely N-dealkylation sites (tertiary alicyclic amines) is 2. The van der Waals surface area contributed by atoms with Crippen molar-refractivity contribution in [3.8, 4) is 6.07 Å². The lowest BCUT2D eigenvalue weighted by Crippen LogP contribution is -2.64. The molecular weight excluding hydrogens is 394 g/mol. The van der Waals surface area contributed by atoms with Gasteiger partial charge in [-0.3, -0.25) is 15.0 Å². The molecule has 0 aliphatic carbocycles. The van der Waals surface area contributed by atoms with Crippen LogP contribution in [0.1, 0.15) is 54.9 Å². The second kappa shape index (κ2) is 10.0. The molecule has 1 aromatic rings. The molecular formula is C23H31N5O3. The van der Waals surface area contributed by atoms with Gasteiger partial charge in [-0.05, 0) is 43.9 Å². The predicted molar refractivity (Wildman–Crippen MR) is 116 cm³/mol. The van der Waals surface area contributed by atoms with Crippen LogP contribution in [0.2, 0.25) is 0 Å². The highest BCUT2D eigenvalue weighted by Gasteiger charge is 2.50. The van der Waals surface area contributed by atoms with E-state index in [9.17, 15) is 14.4 Å². The van der Waals surface area contributed by atoms with Gasteiger partial charge in [0.25, 0.3) is 0 Å². The summed E-state index contributed by atoms with van der Waals surface area (Å²) in [7, 11) is 0. The SMILES string of the molecule is CCCC(=O)CCCN1CC2CN(C(=O)NN)CC(C(=O)c3ccc(C#N)cc3)(C2)C1. The van der Waals surface area contributed by atoms with Gasteiger partial charge in [0, 0.05) is 44.6 Å². The number of hydrogen-bond acceptors (Lipinski definition) is 6. The summed E-state index contributed by atoms with van der Waals surface area (Å²) in [6, 6.07) is 8.37. The van der Waals surface area contributed by atoms with Crippen molar-refractivity contribution >= 4 is 17.6 Å². The molecule has 3 rings (SSSR count). The Kier molecular flexibility index (Phi) is 7.42. The molecule has 2 saturated heterocycles. The van der Waals surface area contributed by atoms with Gasteiger partial charge in [0.2, 0.25) is 0 Å². The molecule has 8 heteroatoms. The molecule has 0 radical (unpaired) electrons. The van der Waals surface area contributed by atoms with Crippen molar-refractivity contribution in [2.75, 3.05) is 32.7 Å². The van der Waals surface area contributed by atoms with E-state index in [1.54, 1.807) is 29.2 Å². The Hall–Kier alpha value is -2.76. The highest BCUT2D eigenvalue weighted by Crippen LogP contribution is 2.41. The summed E-state index contributed by atoms with van der Waals surface area (Å²) in [5, 5.41) is 9.04. The molecule has 2 aliphatic heterocycles. The molecule has 2 heterocycles. The zero-order valence-electron chi connectivity index (χ0n) is 18.1. The second-order valence-electron chi connectivity index (χ2n) is 8.83. The van der Waals surface area contributed by atoms with E-state index >= 15 is 0 Å². The standard InChI is InChI=1S/C23H31N5O3/c1-2-4-20(29)5-3-10-27-13-18-11-23(15-27,16-28(14-18)22(31)26-25)21(30)19-8-6-17(12-24)7-9-19/h6-9,18H,2-5,10-11,13-16,25H2,1H3,(H,26,31). The Morgan fingerprint density at radius 3 is 2.58 bits per heavy atom. The lowest BCUT2D eigenvalue weighted by atomic mass is 9.67. The average molecular weight is 426 g/mol. The molecule has 0 aromatic heterocycles. The zero-order chi connectivity index (χ0) is 22.4. The number of nitrogens with two attached hydrogens (primary N) is 1. The normalized spacial score (nSPS) is 23.1. The number of carbonyl (C=O) groups is 3. The highest BCUT2D eigenvalue weighted by atomic mass is 16.2. The van der Waals surface area contributed by atoms with E-state index in [0.29, 0.717) is 50.0 Å². The number of nitrogens with zero attached hydrogens (tertiary/aromatic N) is 3. The Balaban J connectivity index is 1.79. The molecule has 2 fully saturated rings. The van der Waals surface area contributed by atoms with Gasteiger partial charge in [0.05, 0.1) is 17.0 Å². The fourth-order valence-electron chi connectivity index (χ4n) is 5.08. The first-order valence-electron chi connectivity index (χ1n) is 11.0. The number of urea groups is 1. The number of benzene rings is 1. The molecule has 0 saturated carbocycles. The van der Waals surface area contributed by atoms with Gasteiger partial charge in [-0.15, -0.1) is 0 Å². The van der Waals surface area contributed by atoms with Crippen molar-refractivity contribution in [3.63, 3.8) is 0 Å². The van der Waals surface area contributed by atoms with Crippen molar-refractivity contribution in [2.24, 2.45) is 17.2 Å². The molecule has 2 bridgehead atoms. The maximum Gasteiger partial charge on any atom is 0.331 e.